The molecule has 2 aliphatic carbocycles. The second kappa shape index (κ2) is 4.01. The summed E-state index contributed by atoms with van der Waals surface area (Å²) in [7, 11) is 0. The third kappa shape index (κ3) is 1.85. The maximum absolute atomic E-state index is 11.7. The van der Waals surface area contributed by atoms with E-state index in [2.05, 4.69) is 0 Å². The summed E-state index contributed by atoms with van der Waals surface area (Å²) >= 11 is 0. The van der Waals surface area contributed by atoms with Gasteiger partial charge in [-0.05, 0) is 25.7 Å². The van der Waals surface area contributed by atoms with Crippen molar-refractivity contribution >= 4 is 5.78 Å². The fraction of sp³-hybridized carbons (Fsp3) is 0.917. The van der Waals surface area contributed by atoms with Crippen LogP contribution in [0.3, 0.4) is 0 Å². The van der Waals surface area contributed by atoms with Crippen molar-refractivity contribution < 1.29 is 9.90 Å². The standard InChI is InChI=1S/C12H20O2/c13-11-7-5-9-12(14)8-4-2-1-3-6-10(11)12/h10,14H,1-9H2. The van der Waals surface area contributed by atoms with Gasteiger partial charge in [0.2, 0.25) is 0 Å². The smallest absolute Gasteiger partial charge is 0.138 e. The molecule has 2 atom stereocenters. The first-order chi connectivity index (χ1) is 6.72. The molecule has 2 heteroatoms. The van der Waals surface area contributed by atoms with Crippen LogP contribution in [0, 0.1) is 5.92 Å². The van der Waals surface area contributed by atoms with E-state index in [0.717, 1.165) is 38.5 Å². The fourth-order valence-electron chi connectivity index (χ4n) is 3.08. The Balaban J connectivity index is 2.13. The van der Waals surface area contributed by atoms with Gasteiger partial charge in [-0.2, -0.15) is 0 Å². The molecule has 0 spiro atoms. The molecule has 0 aliphatic heterocycles. The molecule has 0 heterocycles. The number of fused-ring (bicyclic) bond motifs is 1. The largest absolute Gasteiger partial charge is 0.389 e. The van der Waals surface area contributed by atoms with E-state index in [-0.39, 0.29) is 5.92 Å². The molecule has 0 radical (unpaired) electrons. The zero-order chi connectivity index (χ0) is 10.0. The lowest BCUT2D eigenvalue weighted by atomic mass is 9.69. The van der Waals surface area contributed by atoms with Crippen molar-refractivity contribution in [1.29, 1.82) is 0 Å². The van der Waals surface area contributed by atoms with Gasteiger partial charge in [-0.25, -0.2) is 0 Å². The van der Waals surface area contributed by atoms with Crippen LogP contribution in [0.1, 0.15) is 57.8 Å². The van der Waals surface area contributed by atoms with E-state index in [4.69, 9.17) is 0 Å². The lowest BCUT2D eigenvalue weighted by Gasteiger charge is -2.40. The molecule has 0 saturated heterocycles. The summed E-state index contributed by atoms with van der Waals surface area (Å²) in [5.74, 6) is 0.289. The van der Waals surface area contributed by atoms with E-state index in [1.807, 2.05) is 0 Å². The summed E-state index contributed by atoms with van der Waals surface area (Å²) in [5.41, 5.74) is -0.629. The Bertz CT molecular complexity index is 224. The Kier molecular flexibility index (Phi) is 2.91. The molecule has 0 bridgehead atoms. The minimum absolute atomic E-state index is 0.0310. The summed E-state index contributed by atoms with van der Waals surface area (Å²) in [6.07, 6.45) is 8.91. The predicted molar refractivity (Wildman–Crippen MR) is 55.0 cm³/mol. The Morgan fingerprint density at radius 2 is 1.79 bits per heavy atom. The number of aliphatic hydroxyl groups is 1. The molecule has 2 saturated carbocycles. The molecule has 2 aliphatic rings. The normalized spacial score (nSPS) is 39.8. The molecule has 0 amide bonds. The van der Waals surface area contributed by atoms with E-state index in [1.165, 1.54) is 12.8 Å². The van der Waals surface area contributed by atoms with Gasteiger partial charge in [-0.1, -0.05) is 25.7 Å². The van der Waals surface area contributed by atoms with Crippen molar-refractivity contribution in [2.75, 3.05) is 0 Å². The molecule has 14 heavy (non-hydrogen) atoms. The van der Waals surface area contributed by atoms with E-state index in [0.29, 0.717) is 12.2 Å². The number of carbonyl (C=O) groups excluding carboxylic acids is 1. The molecule has 0 aromatic heterocycles. The maximum Gasteiger partial charge on any atom is 0.138 e. The highest BCUT2D eigenvalue weighted by molar-refractivity contribution is 5.83. The molecule has 2 fully saturated rings. The lowest BCUT2D eigenvalue weighted by Crippen LogP contribution is -2.46. The molecule has 2 rings (SSSR count). The molecular formula is C12H20O2. The number of Topliss-reactive ketones (excluding diaryl/α,β-unsaturated/α-hetero) is 1. The highest BCUT2D eigenvalue weighted by atomic mass is 16.3. The van der Waals surface area contributed by atoms with Gasteiger partial charge in [0.05, 0.1) is 5.60 Å². The minimum atomic E-state index is -0.629. The second-order valence-electron chi connectivity index (χ2n) is 4.93. The summed E-state index contributed by atoms with van der Waals surface area (Å²) in [6, 6.07) is 0. The van der Waals surface area contributed by atoms with Gasteiger partial charge < -0.3 is 5.11 Å². The molecule has 2 nitrogen and oxygen atoms in total. The van der Waals surface area contributed by atoms with Crippen LogP contribution in [0.25, 0.3) is 0 Å². The lowest BCUT2D eigenvalue weighted by molar-refractivity contribution is -0.140. The zero-order valence-electron chi connectivity index (χ0n) is 8.80. The van der Waals surface area contributed by atoms with Crippen molar-refractivity contribution in [3.63, 3.8) is 0 Å². The number of carbonyl (C=O) groups is 1. The van der Waals surface area contributed by atoms with Crippen LogP contribution in [-0.4, -0.2) is 16.5 Å². The van der Waals surface area contributed by atoms with Crippen molar-refractivity contribution in [1.82, 2.24) is 0 Å². The van der Waals surface area contributed by atoms with Crippen LogP contribution in [0.15, 0.2) is 0 Å². The van der Waals surface area contributed by atoms with Gasteiger partial charge in [-0.3, -0.25) is 4.79 Å². The maximum atomic E-state index is 11.7. The van der Waals surface area contributed by atoms with Gasteiger partial charge in [0, 0.05) is 12.3 Å². The third-order valence-electron chi connectivity index (χ3n) is 3.92. The number of hydrogen-bond acceptors (Lipinski definition) is 2. The first-order valence-corrected chi connectivity index (χ1v) is 5.97. The Morgan fingerprint density at radius 3 is 2.64 bits per heavy atom. The fourth-order valence-corrected chi connectivity index (χ4v) is 3.08. The van der Waals surface area contributed by atoms with Gasteiger partial charge in [-0.15, -0.1) is 0 Å². The van der Waals surface area contributed by atoms with Gasteiger partial charge in [0.25, 0.3) is 0 Å². The van der Waals surface area contributed by atoms with Crippen molar-refractivity contribution in [3.05, 3.63) is 0 Å². The van der Waals surface area contributed by atoms with E-state index in [9.17, 15) is 9.90 Å². The van der Waals surface area contributed by atoms with E-state index in [1.54, 1.807) is 0 Å². The first kappa shape index (κ1) is 10.2. The third-order valence-corrected chi connectivity index (χ3v) is 3.92. The van der Waals surface area contributed by atoms with Crippen LogP contribution in [-0.2, 0) is 4.79 Å². The number of ketones is 1. The van der Waals surface area contributed by atoms with Gasteiger partial charge in [0.15, 0.2) is 0 Å². The number of rotatable bonds is 0. The van der Waals surface area contributed by atoms with Crippen LogP contribution in [0.2, 0.25) is 0 Å². The van der Waals surface area contributed by atoms with Crippen molar-refractivity contribution in [2.45, 2.75) is 63.4 Å². The molecule has 0 aromatic rings. The summed E-state index contributed by atoms with van der Waals surface area (Å²) < 4.78 is 0. The molecular weight excluding hydrogens is 176 g/mol. The van der Waals surface area contributed by atoms with Crippen LogP contribution in [0.4, 0.5) is 0 Å². The van der Waals surface area contributed by atoms with E-state index >= 15 is 0 Å². The molecule has 0 aromatic carbocycles. The first-order valence-electron chi connectivity index (χ1n) is 5.97. The SMILES string of the molecule is O=C1CCCC2(O)CCCCCCC12. The second-order valence-corrected chi connectivity index (χ2v) is 4.93. The van der Waals surface area contributed by atoms with Crippen molar-refractivity contribution in [2.24, 2.45) is 5.92 Å². The van der Waals surface area contributed by atoms with Crippen LogP contribution >= 0.6 is 0 Å². The average Bonchev–Trinajstić information content (AvgIpc) is 2.11. The van der Waals surface area contributed by atoms with Crippen LogP contribution in [0.5, 0.6) is 0 Å². The molecule has 80 valence electrons. The highest BCUT2D eigenvalue weighted by Gasteiger charge is 2.43. The Morgan fingerprint density at radius 1 is 1.07 bits per heavy atom. The quantitative estimate of drug-likeness (QED) is 0.646. The number of hydrogen-bond donors (Lipinski definition) is 1. The van der Waals surface area contributed by atoms with Gasteiger partial charge in [0.1, 0.15) is 5.78 Å². The highest BCUT2D eigenvalue weighted by Crippen LogP contribution is 2.39. The van der Waals surface area contributed by atoms with Gasteiger partial charge >= 0.3 is 0 Å². The summed E-state index contributed by atoms with van der Waals surface area (Å²) in [4.78, 5) is 11.7. The Labute approximate surface area is 85.7 Å². The van der Waals surface area contributed by atoms with E-state index < -0.39 is 5.60 Å². The topological polar surface area (TPSA) is 37.3 Å². The summed E-state index contributed by atoms with van der Waals surface area (Å²) in [6.45, 7) is 0. The zero-order valence-corrected chi connectivity index (χ0v) is 8.80. The molecule has 2 unspecified atom stereocenters. The predicted octanol–water partition coefficient (Wildman–Crippen LogP) is 2.44. The Hall–Kier alpha value is -0.370. The van der Waals surface area contributed by atoms with Crippen LogP contribution < -0.4 is 0 Å². The molecule has 1 N–H and O–H groups in total. The average molecular weight is 196 g/mol. The van der Waals surface area contributed by atoms with Crippen molar-refractivity contribution in [3.8, 4) is 0 Å². The summed E-state index contributed by atoms with van der Waals surface area (Å²) in [5, 5.41) is 10.4. The monoisotopic (exact) mass is 196 g/mol. The minimum Gasteiger partial charge on any atom is -0.389 e.